The van der Waals surface area contributed by atoms with E-state index in [0.717, 1.165) is 41.5 Å². The molecule has 2 aromatic carbocycles. The lowest BCUT2D eigenvalue weighted by Crippen LogP contribution is -2.40. The molecule has 0 spiro atoms. The van der Waals surface area contributed by atoms with E-state index in [9.17, 15) is 4.79 Å². The van der Waals surface area contributed by atoms with Gasteiger partial charge in [-0.2, -0.15) is 5.10 Å². The highest BCUT2D eigenvalue weighted by Crippen LogP contribution is 2.37. The first kappa shape index (κ1) is 23.7. The quantitative estimate of drug-likeness (QED) is 0.327. The normalized spacial score (nSPS) is 15.3. The van der Waals surface area contributed by atoms with Crippen LogP contribution in [0.15, 0.2) is 60.9 Å². The fourth-order valence-corrected chi connectivity index (χ4v) is 4.78. The van der Waals surface area contributed by atoms with Gasteiger partial charge in [-0.15, -0.1) is 0 Å². The predicted molar refractivity (Wildman–Crippen MR) is 139 cm³/mol. The van der Waals surface area contributed by atoms with E-state index >= 15 is 0 Å². The molecule has 1 atom stereocenters. The lowest BCUT2D eigenvalue weighted by molar-refractivity contribution is -0.126. The van der Waals surface area contributed by atoms with E-state index in [1.807, 2.05) is 52.2 Å². The molecule has 0 saturated carbocycles. The van der Waals surface area contributed by atoms with E-state index in [1.54, 1.807) is 32.4 Å². The molecule has 7 nitrogen and oxygen atoms in total. The van der Waals surface area contributed by atoms with E-state index in [-0.39, 0.29) is 11.9 Å². The third-order valence-electron chi connectivity index (χ3n) is 6.27. The molecule has 182 valence electrons. The van der Waals surface area contributed by atoms with Crippen LogP contribution >= 0.6 is 11.6 Å². The Morgan fingerprint density at radius 3 is 2.72 bits per heavy atom. The van der Waals surface area contributed by atoms with Crippen molar-refractivity contribution in [2.75, 3.05) is 20.2 Å². The molecule has 0 radical (unpaired) electrons. The Morgan fingerprint density at radius 1 is 1.14 bits per heavy atom. The molecule has 5 rings (SSSR count). The number of nitrogens with zero attached hydrogens (tertiary/aromatic N) is 4. The summed E-state index contributed by atoms with van der Waals surface area (Å²) in [7, 11) is 1.57. The lowest BCUT2D eigenvalue weighted by atomic mass is 10.1. The van der Waals surface area contributed by atoms with Crippen molar-refractivity contribution in [3.8, 4) is 40.3 Å². The Hall–Kier alpha value is -4.02. The molecule has 1 unspecified atom stereocenters. The van der Waals surface area contributed by atoms with E-state index in [0.29, 0.717) is 28.8 Å². The van der Waals surface area contributed by atoms with Gasteiger partial charge in [-0.3, -0.25) is 14.5 Å². The molecule has 0 bridgehead atoms. The number of rotatable bonds is 5. The Labute approximate surface area is 214 Å². The Kier molecular flexibility index (Phi) is 6.79. The maximum Gasteiger partial charge on any atom is 0.298 e. The minimum absolute atomic E-state index is 0.0674. The highest BCUT2D eigenvalue weighted by Gasteiger charge is 2.27. The van der Waals surface area contributed by atoms with Gasteiger partial charge in [0.1, 0.15) is 28.0 Å². The van der Waals surface area contributed by atoms with Gasteiger partial charge in [0.25, 0.3) is 5.91 Å². The van der Waals surface area contributed by atoms with Crippen LogP contribution in [0.1, 0.15) is 25.8 Å². The number of pyridine rings is 1. The molecule has 0 N–H and O–H groups in total. The number of hydrogen-bond donors (Lipinski definition) is 0. The van der Waals surface area contributed by atoms with E-state index in [4.69, 9.17) is 26.2 Å². The number of fused-ring (bicyclic) bond motifs is 1. The molecule has 1 saturated heterocycles. The van der Waals surface area contributed by atoms with Crippen LogP contribution in [-0.2, 0) is 4.79 Å². The van der Waals surface area contributed by atoms with Gasteiger partial charge in [0.05, 0.1) is 18.7 Å². The summed E-state index contributed by atoms with van der Waals surface area (Å²) in [5, 5.41) is 6.38. The minimum Gasteiger partial charge on any atom is -0.495 e. The van der Waals surface area contributed by atoms with Crippen molar-refractivity contribution < 1.29 is 14.3 Å². The minimum atomic E-state index is -0.132. The summed E-state index contributed by atoms with van der Waals surface area (Å²) in [6.45, 7) is 2.98. The molecule has 0 aliphatic carbocycles. The van der Waals surface area contributed by atoms with Crippen LogP contribution < -0.4 is 9.47 Å². The topological polar surface area (TPSA) is 69.5 Å². The Morgan fingerprint density at radius 2 is 1.94 bits per heavy atom. The van der Waals surface area contributed by atoms with Gasteiger partial charge in [0, 0.05) is 36.4 Å². The van der Waals surface area contributed by atoms with Crippen molar-refractivity contribution in [1.29, 1.82) is 0 Å². The zero-order valence-electron chi connectivity index (χ0n) is 20.1. The van der Waals surface area contributed by atoms with E-state index in [1.165, 1.54) is 0 Å². The van der Waals surface area contributed by atoms with Crippen molar-refractivity contribution in [1.82, 2.24) is 19.7 Å². The number of aromatic nitrogens is 3. The maximum atomic E-state index is 12.4. The van der Waals surface area contributed by atoms with Crippen LogP contribution in [0.3, 0.4) is 0 Å². The maximum absolute atomic E-state index is 12.4. The first-order valence-corrected chi connectivity index (χ1v) is 12.1. The molecule has 36 heavy (non-hydrogen) atoms. The SMILES string of the molecule is CC#CC(=O)N1CCCC(n2nc(-c3ccc(Oc4cccc(OC)c4Cl)cc3)c3cnccc32)C1. The number of methoxy groups -OCH3 is 1. The van der Waals surface area contributed by atoms with Gasteiger partial charge in [-0.25, -0.2) is 0 Å². The average Bonchev–Trinajstić information content (AvgIpc) is 3.30. The van der Waals surface area contributed by atoms with Crippen LogP contribution in [0, 0.1) is 11.8 Å². The van der Waals surface area contributed by atoms with Crippen LogP contribution in [0.25, 0.3) is 22.2 Å². The molecule has 1 aliphatic rings. The average molecular weight is 501 g/mol. The van der Waals surface area contributed by atoms with Gasteiger partial charge in [-0.05, 0) is 68.2 Å². The molecule has 1 fully saturated rings. The van der Waals surface area contributed by atoms with Gasteiger partial charge >= 0.3 is 0 Å². The smallest absolute Gasteiger partial charge is 0.298 e. The summed E-state index contributed by atoms with van der Waals surface area (Å²) in [5.41, 5.74) is 2.77. The van der Waals surface area contributed by atoms with Crippen molar-refractivity contribution in [2.45, 2.75) is 25.8 Å². The van der Waals surface area contributed by atoms with Crippen LogP contribution in [0.4, 0.5) is 0 Å². The highest BCUT2D eigenvalue weighted by molar-refractivity contribution is 6.33. The fraction of sp³-hybridized carbons (Fsp3) is 0.250. The number of halogens is 1. The second-order valence-electron chi connectivity index (χ2n) is 8.51. The van der Waals surface area contributed by atoms with E-state index in [2.05, 4.69) is 16.8 Å². The van der Waals surface area contributed by atoms with Crippen molar-refractivity contribution in [3.63, 3.8) is 0 Å². The first-order valence-electron chi connectivity index (χ1n) is 11.7. The summed E-state index contributed by atoms with van der Waals surface area (Å²) in [4.78, 5) is 18.5. The molecule has 4 aromatic rings. The molecular weight excluding hydrogens is 476 g/mol. The van der Waals surface area contributed by atoms with Gasteiger partial charge in [-0.1, -0.05) is 23.6 Å². The lowest BCUT2D eigenvalue weighted by Gasteiger charge is -2.32. The zero-order valence-corrected chi connectivity index (χ0v) is 20.8. The predicted octanol–water partition coefficient (Wildman–Crippen LogP) is 5.74. The van der Waals surface area contributed by atoms with Crippen molar-refractivity contribution in [3.05, 3.63) is 65.9 Å². The number of hydrogen-bond acceptors (Lipinski definition) is 5. The Bertz CT molecular complexity index is 1470. The molecule has 8 heteroatoms. The summed E-state index contributed by atoms with van der Waals surface area (Å²) < 4.78 is 13.3. The van der Waals surface area contributed by atoms with Gasteiger partial charge in [0.2, 0.25) is 0 Å². The second kappa shape index (κ2) is 10.3. The van der Waals surface area contributed by atoms with Crippen LogP contribution in [0.2, 0.25) is 5.02 Å². The summed E-state index contributed by atoms with van der Waals surface area (Å²) >= 11 is 6.37. The van der Waals surface area contributed by atoms with Crippen LogP contribution in [-0.4, -0.2) is 45.8 Å². The second-order valence-corrected chi connectivity index (χ2v) is 8.89. The summed E-state index contributed by atoms with van der Waals surface area (Å²) in [6, 6.07) is 15.2. The number of ether oxygens (including phenoxy) is 2. The van der Waals surface area contributed by atoms with Gasteiger partial charge < -0.3 is 14.4 Å². The van der Waals surface area contributed by atoms with Crippen molar-refractivity contribution >= 4 is 28.4 Å². The van der Waals surface area contributed by atoms with Crippen LogP contribution in [0.5, 0.6) is 17.2 Å². The standard InChI is InChI=1S/C28H25ClN4O3/c1-3-6-26(34)32-16-5-7-20(18-32)33-23-14-15-30-17-22(23)28(31-33)19-10-12-21(13-11-19)36-25-9-4-8-24(35-2)27(25)29/h4,8-15,17,20H,5,7,16,18H2,1-2H3. The number of carbonyl (C=O) groups is 1. The molecule has 2 aromatic heterocycles. The number of carbonyl (C=O) groups excluding carboxylic acids is 1. The summed E-state index contributed by atoms with van der Waals surface area (Å²) in [6.07, 6.45) is 5.45. The zero-order chi connectivity index (χ0) is 25.1. The Balaban J connectivity index is 1.44. The summed E-state index contributed by atoms with van der Waals surface area (Å²) in [5.74, 6) is 6.96. The highest BCUT2D eigenvalue weighted by atomic mass is 35.5. The molecule has 1 amide bonds. The van der Waals surface area contributed by atoms with E-state index < -0.39 is 0 Å². The number of benzene rings is 2. The third kappa shape index (κ3) is 4.60. The number of amides is 1. The largest absolute Gasteiger partial charge is 0.495 e. The van der Waals surface area contributed by atoms with Crippen molar-refractivity contribution in [2.24, 2.45) is 0 Å². The first-order chi connectivity index (χ1) is 17.6. The fourth-order valence-electron chi connectivity index (χ4n) is 4.54. The number of likely N-dealkylation sites (tertiary alicyclic amines) is 1. The number of piperidine rings is 1. The third-order valence-corrected chi connectivity index (χ3v) is 6.65. The molecular formula is C28H25ClN4O3. The van der Waals surface area contributed by atoms with Gasteiger partial charge in [0.15, 0.2) is 0 Å². The molecule has 3 heterocycles. The monoisotopic (exact) mass is 500 g/mol. The molecule has 1 aliphatic heterocycles.